The molecule has 2 aromatic rings. The minimum Gasteiger partial charge on any atom is -0.465 e. The summed E-state index contributed by atoms with van der Waals surface area (Å²) in [4.78, 5) is 14.1. The Morgan fingerprint density at radius 3 is 2.13 bits per heavy atom. The molecule has 1 saturated carbocycles. The highest BCUT2D eigenvalue weighted by molar-refractivity contribution is 7.97. The van der Waals surface area contributed by atoms with Gasteiger partial charge in [0.1, 0.15) is 0 Å². The first kappa shape index (κ1) is 34.8. The summed E-state index contributed by atoms with van der Waals surface area (Å²) in [6, 6.07) is 18.7. The summed E-state index contributed by atoms with van der Waals surface area (Å²) >= 11 is 1.72. The molecule has 1 aliphatic heterocycles. The molecular formula is C31H52N4O3S. The summed E-state index contributed by atoms with van der Waals surface area (Å²) in [5.41, 5.74) is 7.83. The van der Waals surface area contributed by atoms with Crippen LogP contribution in [-0.2, 0) is 0 Å². The fourth-order valence-electron chi connectivity index (χ4n) is 4.41. The maximum absolute atomic E-state index is 10.5. The Morgan fingerprint density at radius 2 is 1.69 bits per heavy atom. The van der Waals surface area contributed by atoms with E-state index in [4.69, 9.17) is 15.9 Å². The van der Waals surface area contributed by atoms with Crippen LogP contribution in [0.4, 0.5) is 10.5 Å². The van der Waals surface area contributed by atoms with E-state index >= 15 is 0 Å². The topological polar surface area (TPSA) is 102 Å². The van der Waals surface area contributed by atoms with Gasteiger partial charge in [-0.15, -0.1) is 0 Å². The van der Waals surface area contributed by atoms with Crippen LogP contribution < -0.4 is 11.1 Å². The van der Waals surface area contributed by atoms with E-state index in [1.807, 2.05) is 42.5 Å². The number of nitrogens with zero attached hydrogens (tertiary/aromatic N) is 2. The van der Waals surface area contributed by atoms with Crippen molar-refractivity contribution in [1.82, 2.24) is 14.5 Å². The molecule has 7 nitrogen and oxygen atoms in total. The molecule has 0 unspecified atom stereocenters. The second-order valence-corrected chi connectivity index (χ2v) is 11.4. The van der Waals surface area contributed by atoms with E-state index in [0.29, 0.717) is 12.6 Å². The van der Waals surface area contributed by atoms with Crippen LogP contribution in [0.5, 0.6) is 0 Å². The fourth-order valence-corrected chi connectivity index (χ4v) is 5.43. The predicted octanol–water partition coefficient (Wildman–Crippen LogP) is 6.52. The van der Waals surface area contributed by atoms with Gasteiger partial charge < -0.3 is 26.2 Å². The van der Waals surface area contributed by atoms with Crippen molar-refractivity contribution in [3.8, 4) is 0 Å². The van der Waals surface area contributed by atoms with Crippen molar-refractivity contribution in [2.45, 2.75) is 76.7 Å². The number of nitrogens with one attached hydrogen (secondary N) is 1. The SMILES string of the molecule is CC1CCCC1.CCO.CN1CCC[C@@H]1CN(CCCNC(=O)O)Sc1ccc(N)cc1.Cc1ccccc1. The van der Waals surface area contributed by atoms with E-state index in [1.165, 1.54) is 44.1 Å². The zero-order chi connectivity index (χ0) is 28.9. The number of likely N-dealkylation sites (N-methyl/N-ethyl adjacent to an activating group) is 1. The van der Waals surface area contributed by atoms with Gasteiger partial charge in [-0.2, -0.15) is 0 Å². The van der Waals surface area contributed by atoms with E-state index in [2.05, 4.69) is 47.5 Å². The van der Waals surface area contributed by atoms with Crippen molar-refractivity contribution < 1.29 is 15.0 Å². The van der Waals surface area contributed by atoms with Crippen LogP contribution in [0.25, 0.3) is 0 Å². The molecule has 0 spiro atoms. The molecule has 0 aromatic heterocycles. The minimum absolute atomic E-state index is 0.250. The lowest BCUT2D eigenvalue weighted by atomic mass is 10.2. The average Bonchev–Trinajstić information content (AvgIpc) is 3.55. The molecule has 1 aliphatic carbocycles. The third-order valence-corrected chi connectivity index (χ3v) is 7.72. The highest BCUT2D eigenvalue weighted by atomic mass is 32.2. The second-order valence-electron chi connectivity index (χ2n) is 10.3. The van der Waals surface area contributed by atoms with Gasteiger partial charge in [-0.05, 0) is 88.8 Å². The zero-order valence-electron chi connectivity index (χ0n) is 24.5. The van der Waals surface area contributed by atoms with Crippen LogP contribution in [0, 0.1) is 12.8 Å². The van der Waals surface area contributed by atoms with Gasteiger partial charge in [-0.1, -0.05) is 68.5 Å². The Hall–Kier alpha value is -2.26. The number of aryl methyl sites for hydroxylation is 1. The zero-order valence-corrected chi connectivity index (χ0v) is 25.3. The van der Waals surface area contributed by atoms with Crippen molar-refractivity contribution in [3.63, 3.8) is 0 Å². The summed E-state index contributed by atoms with van der Waals surface area (Å²) in [5, 5.41) is 18.7. The Kier molecular flexibility index (Phi) is 19.2. The summed E-state index contributed by atoms with van der Waals surface area (Å²) in [5.74, 6) is 1.05. The molecule has 1 amide bonds. The number of rotatable bonds is 8. The number of carboxylic acid groups (broad SMARTS) is 1. The van der Waals surface area contributed by atoms with Gasteiger partial charge in [0.05, 0.1) is 0 Å². The minimum atomic E-state index is -0.960. The van der Waals surface area contributed by atoms with Crippen LogP contribution >= 0.6 is 11.9 Å². The van der Waals surface area contributed by atoms with Crippen molar-refractivity contribution in [1.29, 1.82) is 0 Å². The monoisotopic (exact) mass is 560 g/mol. The first-order valence-electron chi connectivity index (χ1n) is 14.3. The lowest BCUT2D eigenvalue weighted by Crippen LogP contribution is -2.36. The number of carbonyl (C=O) groups is 1. The molecule has 1 saturated heterocycles. The van der Waals surface area contributed by atoms with Gasteiger partial charge in [0.25, 0.3) is 0 Å². The highest BCUT2D eigenvalue weighted by Crippen LogP contribution is 2.26. The molecule has 0 radical (unpaired) electrons. The van der Waals surface area contributed by atoms with E-state index in [1.54, 1.807) is 18.9 Å². The number of likely N-dealkylation sites (tertiary alicyclic amines) is 1. The van der Waals surface area contributed by atoms with Crippen LogP contribution in [0.1, 0.15) is 64.4 Å². The quantitative estimate of drug-likeness (QED) is 0.166. The second kappa shape index (κ2) is 21.5. The summed E-state index contributed by atoms with van der Waals surface area (Å²) in [6.07, 6.45) is 8.26. The highest BCUT2D eigenvalue weighted by Gasteiger charge is 2.23. The van der Waals surface area contributed by atoms with Gasteiger partial charge in [-0.25, -0.2) is 9.10 Å². The number of benzene rings is 2. The van der Waals surface area contributed by atoms with Gasteiger partial charge in [0.15, 0.2) is 0 Å². The lowest BCUT2D eigenvalue weighted by molar-refractivity contribution is 0.194. The average molecular weight is 561 g/mol. The number of nitrogens with two attached hydrogens (primary N) is 1. The Bertz CT molecular complexity index is 864. The van der Waals surface area contributed by atoms with Crippen LogP contribution in [0.2, 0.25) is 0 Å². The van der Waals surface area contributed by atoms with E-state index < -0.39 is 6.09 Å². The van der Waals surface area contributed by atoms with E-state index in [9.17, 15) is 4.79 Å². The predicted molar refractivity (Wildman–Crippen MR) is 166 cm³/mol. The maximum atomic E-state index is 10.5. The summed E-state index contributed by atoms with van der Waals surface area (Å²) < 4.78 is 2.33. The summed E-state index contributed by atoms with van der Waals surface area (Å²) in [7, 11) is 2.18. The molecule has 4 rings (SSSR count). The first-order chi connectivity index (χ1) is 18.7. The number of aliphatic hydroxyl groups excluding tert-OH is 1. The Balaban J connectivity index is 0.000000381. The standard InChI is InChI=1S/C16H26N4O2S.C7H8.C6H12.C2H6O/c1-19-10-2-4-14(19)12-20(11-3-9-18-16(21)22)23-15-7-5-13(17)6-8-15;1-7-5-3-2-4-6-7;1-6-4-2-3-5-6;1-2-3/h5-8,14,18H,2-4,9-12,17H2,1H3,(H,21,22);2-6H,1H3;6H,2-5H2,1H3;3H,2H2,1H3/t14-;;;/m1.../s1. The van der Waals surface area contributed by atoms with Gasteiger partial charge in [-0.3, -0.25) is 0 Å². The molecule has 2 fully saturated rings. The third kappa shape index (κ3) is 17.9. The van der Waals surface area contributed by atoms with Gasteiger partial charge >= 0.3 is 6.09 Å². The molecule has 39 heavy (non-hydrogen) atoms. The molecule has 2 aromatic carbocycles. The Morgan fingerprint density at radius 1 is 1.08 bits per heavy atom. The van der Waals surface area contributed by atoms with Crippen LogP contribution in [0.3, 0.4) is 0 Å². The lowest BCUT2D eigenvalue weighted by Gasteiger charge is -2.28. The smallest absolute Gasteiger partial charge is 0.404 e. The van der Waals surface area contributed by atoms with Crippen molar-refractivity contribution in [3.05, 3.63) is 60.2 Å². The molecule has 5 N–H and O–H groups in total. The maximum Gasteiger partial charge on any atom is 0.404 e. The van der Waals surface area contributed by atoms with E-state index in [0.717, 1.165) is 42.6 Å². The molecule has 220 valence electrons. The molecule has 8 heteroatoms. The van der Waals surface area contributed by atoms with Crippen molar-refractivity contribution in [2.24, 2.45) is 5.92 Å². The van der Waals surface area contributed by atoms with Gasteiger partial charge in [0.2, 0.25) is 0 Å². The number of amides is 1. The number of anilines is 1. The molecule has 0 bridgehead atoms. The summed E-state index contributed by atoms with van der Waals surface area (Å²) in [6.45, 7) is 9.82. The first-order valence-corrected chi connectivity index (χ1v) is 15.1. The number of aliphatic hydroxyl groups is 1. The number of hydrogen-bond donors (Lipinski definition) is 4. The molecule has 1 heterocycles. The number of nitrogen functional groups attached to an aromatic ring is 1. The normalized spacial score (nSPS) is 16.8. The van der Waals surface area contributed by atoms with Crippen molar-refractivity contribution >= 4 is 23.7 Å². The van der Waals surface area contributed by atoms with Crippen LogP contribution in [0.15, 0.2) is 59.5 Å². The number of hydrogen-bond acceptors (Lipinski definition) is 6. The molecule has 1 atom stereocenters. The molecule has 2 aliphatic rings. The molecular weight excluding hydrogens is 508 g/mol. The Labute approximate surface area is 241 Å². The van der Waals surface area contributed by atoms with Crippen LogP contribution in [-0.4, -0.2) is 71.4 Å². The van der Waals surface area contributed by atoms with E-state index in [-0.39, 0.29) is 6.61 Å². The van der Waals surface area contributed by atoms with Crippen molar-refractivity contribution in [2.75, 3.05) is 45.6 Å². The fraction of sp³-hybridized carbons (Fsp3) is 0.581. The largest absolute Gasteiger partial charge is 0.465 e. The van der Waals surface area contributed by atoms with Gasteiger partial charge in [0, 0.05) is 42.9 Å². The third-order valence-electron chi connectivity index (χ3n) is 6.65.